The van der Waals surface area contributed by atoms with Crippen molar-refractivity contribution in [3.8, 4) is 0 Å². The van der Waals surface area contributed by atoms with Gasteiger partial charge in [-0.3, -0.25) is 10.2 Å². The molecule has 0 radical (unpaired) electrons. The van der Waals surface area contributed by atoms with E-state index in [1.807, 2.05) is 0 Å². The smallest absolute Gasteiger partial charge is 0.394 e. The predicted octanol–water partition coefficient (Wildman–Crippen LogP) is 0.636. The van der Waals surface area contributed by atoms with Crippen LogP contribution in [0.4, 0.5) is 18.0 Å². The van der Waals surface area contributed by atoms with Crippen molar-refractivity contribution >= 4 is 6.03 Å². The Hall–Kier alpha value is -1.66. The second kappa shape index (κ2) is 9.88. The summed E-state index contributed by atoms with van der Waals surface area (Å²) in [5.41, 5.74) is 0. The van der Waals surface area contributed by atoms with Crippen LogP contribution in [0.1, 0.15) is 13.3 Å². The summed E-state index contributed by atoms with van der Waals surface area (Å²) in [6.45, 7) is 8.14. The molecule has 26 heavy (non-hydrogen) atoms. The molecule has 8 nitrogen and oxygen atoms in total. The predicted molar refractivity (Wildman–Crippen MR) is 85.5 cm³/mol. The number of alkyl halides is 3. The van der Waals surface area contributed by atoms with E-state index in [4.69, 9.17) is 14.6 Å². The molecule has 1 fully saturated rings. The Morgan fingerprint density at radius 1 is 1.50 bits per heavy atom. The third kappa shape index (κ3) is 6.25. The summed E-state index contributed by atoms with van der Waals surface area (Å²) in [7, 11) is 0. The van der Waals surface area contributed by atoms with Crippen molar-refractivity contribution in [2.75, 3.05) is 13.2 Å². The number of urea groups is 1. The van der Waals surface area contributed by atoms with E-state index in [2.05, 4.69) is 18.5 Å². The second-order valence-corrected chi connectivity index (χ2v) is 5.58. The number of aliphatic hydroxyl groups excluding tert-OH is 2. The van der Waals surface area contributed by atoms with Gasteiger partial charge in [-0.2, -0.15) is 13.2 Å². The Labute approximate surface area is 149 Å². The largest absolute Gasteiger partial charge is 0.428 e. The Morgan fingerprint density at radius 3 is 2.65 bits per heavy atom. The van der Waals surface area contributed by atoms with Crippen LogP contribution in [0.2, 0.25) is 0 Å². The van der Waals surface area contributed by atoms with E-state index in [1.165, 1.54) is 13.0 Å². The van der Waals surface area contributed by atoms with E-state index in [0.717, 1.165) is 11.1 Å². The number of nitrogens with zero attached hydrogens (tertiary/aromatic N) is 1. The Bertz CT molecular complexity index is 492. The number of ether oxygens (including phenoxy) is 2. The van der Waals surface area contributed by atoms with E-state index in [9.17, 15) is 23.1 Å². The lowest BCUT2D eigenvalue weighted by atomic mass is 10.2. The van der Waals surface area contributed by atoms with Gasteiger partial charge in [-0.05, 0) is 6.92 Å². The van der Waals surface area contributed by atoms with Crippen molar-refractivity contribution in [2.24, 2.45) is 0 Å². The highest BCUT2D eigenvalue weighted by Gasteiger charge is 2.41. The van der Waals surface area contributed by atoms with Crippen LogP contribution < -0.4 is 10.6 Å². The van der Waals surface area contributed by atoms with Gasteiger partial charge in [0, 0.05) is 12.6 Å². The van der Waals surface area contributed by atoms with Crippen molar-refractivity contribution in [3.05, 3.63) is 25.4 Å². The maximum absolute atomic E-state index is 12.3. The zero-order valence-electron chi connectivity index (χ0n) is 14.3. The molecule has 1 saturated heterocycles. The summed E-state index contributed by atoms with van der Waals surface area (Å²) >= 11 is 0. The minimum absolute atomic E-state index is 0.228. The van der Waals surface area contributed by atoms with Gasteiger partial charge in [-0.1, -0.05) is 12.7 Å². The summed E-state index contributed by atoms with van der Waals surface area (Å²) in [5, 5.41) is 22.4. The lowest BCUT2D eigenvalue weighted by Crippen LogP contribution is -2.55. The van der Waals surface area contributed by atoms with Gasteiger partial charge < -0.3 is 25.0 Å². The first-order valence-electron chi connectivity index (χ1n) is 7.85. The average Bonchev–Trinajstić information content (AvgIpc) is 2.95. The number of amides is 2. The van der Waals surface area contributed by atoms with E-state index >= 15 is 0 Å². The number of carbonyl (C=O) groups is 1. The van der Waals surface area contributed by atoms with Gasteiger partial charge in [0.1, 0.15) is 12.3 Å². The molecule has 0 bridgehead atoms. The first-order valence-corrected chi connectivity index (χ1v) is 7.85. The van der Waals surface area contributed by atoms with Crippen molar-refractivity contribution in [2.45, 2.75) is 50.4 Å². The maximum Gasteiger partial charge on any atom is 0.428 e. The highest BCUT2D eigenvalue weighted by atomic mass is 19.4. The molecule has 1 aliphatic rings. The van der Waals surface area contributed by atoms with Crippen molar-refractivity contribution in [1.29, 1.82) is 0 Å². The van der Waals surface area contributed by atoms with Crippen LogP contribution in [0.15, 0.2) is 25.4 Å². The SMILES string of the molecule is C=CCOC1CC(N(C=C)C(=O)NC(C)N[C@H](O)C(F)(F)F)OC1CO. The fraction of sp³-hybridized carbons (Fsp3) is 0.667. The highest BCUT2D eigenvalue weighted by Crippen LogP contribution is 2.26. The minimum atomic E-state index is -4.87. The van der Waals surface area contributed by atoms with Gasteiger partial charge in [0.05, 0.1) is 25.5 Å². The molecule has 0 spiro atoms. The molecule has 0 aromatic heterocycles. The maximum atomic E-state index is 12.3. The summed E-state index contributed by atoms with van der Waals surface area (Å²) in [4.78, 5) is 13.3. The van der Waals surface area contributed by atoms with Gasteiger partial charge in [0.25, 0.3) is 0 Å². The fourth-order valence-electron chi connectivity index (χ4n) is 2.37. The van der Waals surface area contributed by atoms with Crippen LogP contribution in [-0.4, -0.2) is 71.4 Å². The lowest BCUT2D eigenvalue weighted by molar-refractivity contribution is -0.215. The van der Waals surface area contributed by atoms with Crippen LogP contribution in [0.3, 0.4) is 0 Å². The van der Waals surface area contributed by atoms with Crippen LogP contribution in [-0.2, 0) is 9.47 Å². The molecule has 0 aliphatic carbocycles. The van der Waals surface area contributed by atoms with Gasteiger partial charge in [-0.25, -0.2) is 4.79 Å². The van der Waals surface area contributed by atoms with E-state index in [0.29, 0.717) is 0 Å². The standard InChI is InChI=1S/C15H24F3N3O5/c1-4-6-25-10-7-12(26-11(10)8-22)21(5-2)14(24)20-9(3)19-13(23)15(16,17)18/h4-5,9-13,19,22-23H,1-2,6-8H2,3H3,(H,20,24)/t9?,10?,11?,12?,13-/m1/s1. The molecule has 2 amide bonds. The summed E-state index contributed by atoms with van der Waals surface area (Å²) < 4.78 is 48.0. The van der Waals surface area contributed by atoms with Crippen LogP contribution in [0, 0.1) is 0 Å². The molecule has 4 unspecified atom stereocenters. The van der Waals surface area contributed by atoms with Crippen molar-refractivity contribution in [3.63, 3.8) is 0 Å². The summed E-state index contributed by atoms with van der Waals surface area (Å²) in [6, 6.07) is -0.791. The van der Waals surface area contributed by atoms with Crippen molar-refractivity contribution < 1.29 is 37.7 Å². The summed E-state index contributed by atoms with van der Waals surface area (Å²) in [6.07, 6.45) is -7.91. The highest BCUT2D eigenvalue weighted by molar-refractivity contribution is 5.75. The van der Waals surface area contributed by atoms with Crippen LogP contribution in [0.25, 0.3) is 0 Å². The first-order chi connectivity index (χ1) is 12.1. The van der Waals surface area contributed by atoms with E-state index in [-0.39, 0.29) is 19.6 Å². The molecule has 4 N–H and O–H groups in total. The lowest BCUT2D eigenvalue weighted by Gasteiger charge is -2.28. The third-order valence-corrected chi connectivity index (χ3v) is 3.59. The molecular formula is C15H24F3N3O5. The normalized spacial score (nSPS) is 25.4. The second-order valence-electron chi connectivity index (χ2n) is 5.58. The van der Waals surface area contributed by atoms with Gasteiger partial charge in [-0.15, -0.1) is 6.58 Å². The van der Waals surface area contributed by atoms with Gasteiger partial charge in [0.2, 0.25) is 6.23 Å². The molecule has 1 heterocycles. The van der Waals surface area contributed by atoms with Gasteiger partial charge >= 0.3 is 12.2 Å². The van der Waals surface area contributed by atoms with E-state index < -0.39 is 43.0 Å². The Morgan fingerprint density at radius 2 is 2.15 bits per heavy atom. The quantitative estimate of drug-likeness (QED) is 0.344. The number of halogens is 3. The van der Waals surface area contributed by atoms with Gasteiger partial charge in [0.15, 0.2) is 0 Å². The molecular weight excluding hydrogens is 359 g/mol. The van der Waals surface area contributed by atoms with Crippen LogP contribution in [0.5, 0.6) is 0 Å². The number of nitrogens with one attached hydrogen (secondary N) is 2. The zero-order chi connectivity index (χ0) is 19.9. The molecule has 1 aliphatic heterocycles. The molecule has 0 saturated carbocycles. The average molecular weight is 383 g/mol. The zero-order valence-corrected chi connectivity index (χ0v) is 14.3. The number of aliphatic hydroxyl groups is 2. The topological polar surface area (TPSA) is 103 Å². The monoisotopic (exact) mass is 383 g/mol. The number of rotatable bonds is 9. The van der Waals surface area contributed by atoms with E-state index in [1.54, 1.807) is 5.32 Å². The van der Waals surface area contributed by atoms with Crippen molar-refractivity contribution in [1.82, 2.24) is 15.5 Å². The summed E-state index contributed by atoms with van der Waals surface area (Å²) in [5.74, 6) is 0. The molecule has 150 valence electrons. The number of hydrogen-bond acceptors (Lipinski definition) is 6. The first kappa shape index (κ1) is 22.4. The number of carbonyl (C=O) groups excluding carboxylic acids is 1. The molecule has 5 atom stereocenters. The Kier molecular flexibility index (Phi) is 8.50. The molecule has 1 rings (SSSR count). The fourth-order valence-corrected chi connectivity index (χ4v) is 2.37. The number of hydrogen-bond donors (Lipinski definition) is 4. The van der Waals surface area contributed by atoms with Crippen LogP contribution >= 0.6 is 0 Å². The minimum Gasteiger partial charge on any atom is -0.394 e. The molecule has 0 aromatic carbocycles. The third-order valence-electron chi connectivity index (χ3n) is 3.59. The molecule has 0 aromatic rings. The molecule has 11 heteroatoms. The Balaban J connectivity index is 2.65.